The van der Waals surface area contributed by atoms with Crippen LogP contribution in [0.4, 0.5) is 10.1 Å². The lowest BCUT2D eigenvalue weighted by molar-refractivity contribution is -0.385. The van der Waals surface area contributed by atoms with Crippen molar-refractivity contribution in [3.8, 4) is 0 Å². The number of halogens is 2. The average Bonchev–Trinajstić information content (AvgIpc) is 2.45. The van der Waals surface area contributed by atoms with Crippen LogP contribution >= 0.6 is 11.6 Å². The standard InChI is InChI=1S/C14H9ClFNO4/c15-10-5-6-13(17(19)20)11(7-10)14(18)21-8-9-3-1-2-4-12(9)16/h1-7H,8H2. The van der Waals surface area contributed by atoms with Crippen LogP contribution in [-0.2, 0) is 11.3 Å². The quantitative estimate of drug-likeness (QED) is 0.490. The summed E-state index contributed by atoms with van der Waals surface area (Å²) >= 11 is 5.72. The number of nitro benzene ring substituents is 1. The molecule has 5 nitrogen and oxygen atoms in total. The Morgan fingerprint density at radius 2 is 2.00 bits per heavy atom. The molecule has 0 saturated heterocycles. The summed E-state index contributed by atoms with van der Waals surface area (Å²) in [6.45, 7) is -0.324. The number of carbonyl (C=O) groups excluding carboxylic acids is 1. The predicted molar refractivity (Wildman–Crippen MR) is 73.6 cm³/mol. The first-order valence-electron chi connectivity index (χ1n) is 5.83. The number of carbonyl (C=O) groups is 1. The van der Waals surface area contributed by atoms with Crippen LogP contribution in [-0.4, -0.2) is 10.9 Å². The van der Waals surface area contributed by atoms with E-state index in [9.17, 15) is 19.3 Å². The summed E-state index contributed by atoms with van der Waals surface area (Å²) in [7, 11) is 0. The molecule has 0 fully saturated rings. The van der Waals surface area contributed by atoms with Gasteiger partial charge in [0.05, 0.1) is 4.92 Å². The summed E-state index contributed by atoms with van der Waals surface area (Å²) < 4.78 is 18.3. The zero-order valence-corrected chi connectivity index (χ0v) is 11.3. The van der Waals surface area contributed by atoms with E-state index in [1.165, 1.54) is 24.3 Å². The second-order valence-electron chi connectivity index (χ2n) is 4.09. The third-order valence-corrected chi connectivity index (χ3v) is 2.93. The molecule has 2 rings (SSSR count). The van der Waals surface area contributed by atoms with Crippen LogP contribution in [0.2, 0.25) is 5.02 Å². The van der Waals surface area contributed by atoms with E-state index in [1.807, 2.05) is 0 Å². The van der Waals surface area contributed by atoms with Crippen molar-refractivity contribution in [3.63, 3.8) is 0 Å². The fourth-order valence-corrected chi connectivity index (χ4v) is 1.84. The van der Waals surface area contributed by atoms with Crippen LogP contribution in [0.5, 0.6) is 0 Å². The fraction of sp³-hybridized carbons (Fsp3) is 0.0714. The van der Waals surface area contributed by atoms with Gasteiger partial charge in [0.2, 0.25) is 0 Å². The number of esters is 1. The molecule has 2 aromatic rings. The first kappa shape index (κ1) is 14.9. The van der Waals surface area contributed by atoms with Gasteiger partial charge in [0.1, 0.15) is 18.0 Å². The Kier molecular flexibility index (Phi) is 4.49. The monoisotopic (exact) mass is 309 g/mol. The normalized spacial score (nSPS) is 10.2. The number of nitrogens with zero attached hydrogens (tertiary/aromatic N) is 1. The van der Waals surface area contributed by atoms with Gasteiger partial charge in [0, 0.05) is 16.7 Å². The van der Waals surface area contributed by atoms with E-state index in [2.05, 4.69) is 0 Å². The molecule has 0 bridgehead atoms. The van der Waals surface area contributed by atoms with Crippen molar-refractivity contribution in [1.29, 1.82) is 0 Å². The van der Waals surface area contributed by atoms with Crippen molar-refractivity contribution < 1.29 is 18.8 Å². The van der Waals surface area contributed by atoms with Crippen LogP contribution in [0.25, 0.3) is 0 Å². The Balaban J connectivity index is 2.19. The van der Waals surface area contributed by atoms with E-state index in [0.717, 1.165) is 12.1 Å². The minimum absolute atomic E-state index is 0.165. The molecule has 108 valence electrons. The van der Waals surface area contributed by atoms with Crippen LogP contribution in [0, 0.1) is 15.9 Å². The third kappa shape index (κ3) is 3.55. The Hall–Kier alpha value is -2.47. The molecule has 21 heavy (non-hydrogen) atoms. The lowest BCUT2D eigenvalue weighted by atomic mass is 10.2. The number of benzene rings is 2. The maximum absolute atomic E-state index is 13.4. The molecule has 0 saturated carbocycles. The predicted octanol–water partition coefficient (Wildman–Crippen LogP) is 3.74. The maximum Gasteiger partial charge on any atom is 0.345 e. The molecular weight excluding hydrogens is 301 g/mol. The van der Waals surface area contributed by atoms with Gasteiger partial charge in [-0.2, -0.15) is 0 Å². The van der Waals surface area contributed by atoms with Gasteiger partial charge < -0.3 is 4.74 Å². The Morgan fingerprint density at radius 3 is 2.67 bits per heavy atom. The smallest absolute Gasteiger partial charge is 0.345 e. The van der Waals surface area contributed by atoms with Gasteiger partial charge in [-0.3, -0.25) is 10.1 Å². The molecule has 7 heteroatoms. The average molecular weight is 310 g/mol. The summed E-state index contributed by atoms with van der Waals surface area (Å²) in [6, 6.07) is 9.33. The largest absolute Gasteiger partial charge is 0.457 e. The lowest BCUT2D eigenvalue weighted by Gasteiger charge is -2.06. The number of hydrogen-bond acceptors (Lipinski definition) is 4. The van der Waals surface area contributed by atoms with Crippen molar-refractivity contribution in [2.75, 3.05) is 0 Å². The summed E-state index contributed by atoms with van der Waals surface area (Å²) in [5.74, 6) is -1.46. The first-order valence-corrected chi connectivity index (χ1v) is 6.21. The molecule has 0 aliphatic rings. The van der Waals surface area contributed by atoms with Crippen LogP contribution < -0.4 is 0 Å². The Bertz CT molecular complexity index is 705. The van der Waals surface area contributed by atoms with Gasteiger partial charge in [-0.05, 0) is 18.2 Å². The van der Waals surface area contributed by atoms with Crippen LogP contribution in [0.3, 0.4) is 0 Å². The second kappa shape index (κ2) is 6.32. The van der Waals surface area contributed by atoms with Crippen molar-refractivity contribution >= 4 is 23.3 Å². The highest BCUT2D eigenvalue weighted by molar-refractivity contribution is 6.31. The van der Waals surface area contributed by atoms with Gasteiger partial charge >= 0.3 is 5.97 Å². The van der Waals surface area contributed by atoms with E-state index in [0.29, 0.717) is 0 Å². The molecule has 0 aliphatic carbocycles. The van der Waals surface area contributed by atoms with Crippen LogP contribution in [0.1, 0.15) is 15.9 Å². The van der Waals surface area contributed by atoms with Gasteiger partial charge in [-0.25, -0.2) is 9.18 Å². The van der Waals surface area contributed by atoms with Crippen molar-refractivity contribution in [3.05, 3.63) is 74.5 Å². The molecule has 0 heterocycles. The summed E-state index contributed by atoms with van der Waals surface area (Å²) in [5, 5.41) is 11.0. The Morgan fingerprint density at radius 1 is 1.29 bits per heavy atom. The molecule has 0 unspecified atom stereocenters. The number of rotatable bonds is 4. The maximum atomic E-state index is 13.4. The molecule has 0 aromatic heterocycles. The fourth-order valence-electron chi connectivity index (χ4n) is 1.67. The zero-order chi connectivity index (χ0) is 15.4. The molecule has 0 radical (unpaired) electrons. The van der Waals surface area contributed by atoms with E-state index >= 15 is 0 Å². The number of ether oxygens (including phenoxy) is 1. The first-order chi connectivity index (χ1) is 9.99. The lowest BCUT2D eigenvalue weighted by Crippen LogP contribution is -2.09. The minimum Gasteiger partial charge on any atom is -0.457 e. The SMILES string of the molecule is O=C(OCc1ccccc1F)c1cc(Cl)ccc1[N+](=O)[O-]. The highest BCUT2D eigenvalue weighted by atomic mass is 35.5. The second-order valence-corrected chi connectivity index (χ2v) is 4.52. The van der Waals surface area contributed by atoms with E-state index in [-0.39, 0.29) is 22.8 Å². The third-order valence-electron chi connectivity index (χ3n) is 2.69. The van der Waals surface area contributed by atoms with Gasteiger partial charge in [-0.15, -0.1) is 0 Å². The highest BCUT2D eigenvalue weighted by Gasteiger charge is 2.22. The van der Waals surface area contributed by atoms with Gasteiger partial charge in [0.25, 0.3) is 5.69 Å². The van der Waals surface area contributed by atoms with E-state index < -0.39 is 22.4 Å². The van der Waals surface area contributed by atoms with Crippen molar-refractivity contribution in [2.24, 2.45) is 0 Å². The van der Waals surface area contributed by atoms with Gasteiger partial charge in [-0.1, -0.05) is 29.8 Å². The molecule has 0 aliphatic heterocycles. The summed E-state index contributed by atoms with van der Waals surface area (Å²) in [6.07, 6.45) is 0. The highest BCUT2D eigenvalue weighted by Crippen LogP contribution is 2.24. The van der Waals surface area contributed by atoms with E-state index in [4.69, 9.17) is 16.3 Å². The number of nitro groups is 1. The van der Waals surface area contributed by atoms with Gasteiger partial charge in [0.15, 0.2) is 0 Å². The number of hydrogen-bond donors (Lipinski definition) is 0. The van der Waals surface area contributed by atoms with Crippen LogP contribution in [0.15, 0.2) is 42.5 Å². The molecule has 0 amide bonds. The Labute approximate surface area is 124 Å². The summed E-state index contributed by atoms with van der Waals surface area (Å²) in [5.41, 5.74) is -0.516. The van der Waals surface area contributed by atoms with Crippen molar-refractivity contribution in [2.45, 2.75) is 6.61 Å². The minimum atomic E-state index is -0.938. The molecular formula is C14H9ClFNO4. The molecule has 2 aromatic carbocycles. The molecule has 0 spiro atoms. The zero-order valence-electron chi connectivity index (χ0n) is 10.6. The van der Waals surface area contributed by atoms with Crippen molar-refractivity contribution in [1.82, 2.24) is 0 Å². The molecule has 0 atom stereocenters. The topological polar surface area (TPSA) is 69.4 Å². The van der Waals surface area contributed by atoms with E-state index in [1.54, 1.807) is 6.07 Å². The summed E-state index contributed by atoms with van der Waals surface area (Å²) in [4.78, 5) is 22.0. The molecule has 0 N–H and O–H groups in total.